The van der Waals surface area contributed by atoms with E-state index in [0.29, 0.717) is 24.1 Å². The highest BCUT2D eigenvalue weighted by Gasteiger charge is 2.21. The molecule has 2 amide bonds. The van der Waals surface area contributed by atoms with Crippen LogP contribution in [0, 0.1) is 0 Å². The highest BCUT2D eigenvalue weighted by Crippen LogP contribution is 2.11. The molecule has 22 heavy (non-hydrogen) atoms. The number of ether oxygens (including phenoxy) is 1. The van der Waals surface area contributed by atoms with E-state index in [0.717, 1.165) is 0 Å². The average molecular weight is 304 g/mol. The summed E-state index contributed by atoms with van der Waals surface area (Å²) in [6, 6.07) is 5.73. The molecule has 0 aromatic heterocycles. The van der Waals surface area contributed by atoms with Crippen LogP contribution < -0.4 is 10.6 Å². The monoisotopic (exact) mass is 304 g/mol. The van der Waals surface area contributed by atoms with Gasteiger partial charge in [0.15, 0.2) is 0 Å². The van der Waals surface area contributed by atoms with Crippen LogP contribution in [0.5, 0.6) is 0 Å². The first-order valence-corrected chi connectivity index (χ1v) is 6.85. The van der Waals surface area contributed by atoms with Crippen LogP contribution in [0.3, 0.4) is 0 Å². The SMILES string of the molecule is C=CCC[C@@H](NC(=O)c1cccc(NC(C)=O)c1)C(=O)OC. The number of hydrogen-bond donors (Lipinski definition) is 2. The Labute approximate surface area is 129 Å². The number of hydrogen-bond acceptors (Lipinski definition) is 4. The molecule has 0 aliphatic heterocycles. The second-order valence-corrected chi connectivity index (χ2v) is 4.68. The zero-order valence-corrected chi connectivity index (χ0v) is 12.7. The molecule has 0 aliphatic rings. The molecule has 6 heteroatoms. The summed E-state index contributed by atoms with van der Waals surface area (Å²) < 4.78 is 4.68. The van der Waals surface area contributed by atoms with Crippen molar-refractivity contribution in [2.75, 3.05) is 12.4 Å². The Morgan fingerprint density at radius 2 is 2.09 bits per heavy atom. The van der Waals surface area contributed by atoms with Crippen molar-refractivity contribution in [3.8, 4) is 0 Å². The van der Waals surface area contributed by atoms with Crippen molar-refractivity contribution in [3.05, 3.63) is 42.5 Å². The largest absolute Gasteiger partial charge is 0.467 e. The molecular formula is C16H20N2O4. The van der Waals surface area contributed by atoms with Crippen LogP contribution >= 0.6 is 0 Å². The third-order valence-electron chi connectivity index (χ3n) is 2.90. The third kappa shape index (κ3) is 5.40. The van der Waals surface area contributed by atoms with Gasteiger partial charge in [-0.3, -0.25) is 9.59 Å². The molecule has 1 aromatic rings. The second kappa shape index (κ2) is 8.61. The highest BCUT2D eigenvalue weighted by atomic mass is 16.5. The quantitative estimate of drug-likeness (QED) is 0.595. The highest BCUT2D eigenvalue weighted by molar-refractivity contribution is 5.98. The zero-order valence-electron chi connectivity index (χ0n) is 12.7. The lowest BCUT2D eigenvalue weighted by Crippen LogP contribution is -2.41. The number of methoxy groups -OCH3 is 1. The minimum absolute atomic E-state index is 0.226. The number of benzene rings is 1. The van der Waals surface area contributed by atoms with E-state index in [1.54, 1.807) is 30.3 Å². The first-order valence-electron chi connectivity index (χ1n) is 6.85. The number of anilines is 1. The lowest BCUT2D eigenvalue weighted by molar-refractivity contribution is -0.143. The number of carbonyl (C=O) groups is 3. The van der Waals surface area contributed by atoms with Crippen LogP contribution in [0.2, 0.25) is 0 Å². The van der Waals surface area contributed by atoms with Crippen molar-refractivity contribution < 1.29 is 19.1 Å². The van der Waals surface area contributed by atoms with E-state index in [2.05, 4.69) is 21.9 Å². The fraction of sp³-hybridized carbons (Fsp3) is 0.312. The van der Waals surface area contributed by atoms with Gasteiger partial charge in [-0.1, -0.05) is 12.1 Å². The van der Waals surface area contributed by atoms with Crippen LogP contribution in [0.15, 0.2) is 36.9 Å². The molecule has 118 valence electrons. The molecule has 0 spiro atoms. The van der Waals surface area contributed by atoms with Crippen molar-refractivity contribution in [1.29, 1.82) is 0 Å². The Hall–Kier alpha value is -2.63. The van der Waals surface area contributed by atoms with Crippen molar-refractivity contribution in [1.82, 2.24) is 5.32 Å². The molecule has 0 bridgehead atoms. The predicted octanol–water partition coefficient (Wildman–Crippen LogP) is 1.88. The number of allylic oxidation sites excluding steroid dienone is 1. The molecular weight excluding hydrogens is 284 g/mol. The molecule has 1 aromatic carbocycles. The van der Waals surface area contributed by atoms with E-state index >= 15 is 0 Å². The van der Waals surface area contributed by atoms with Gasteiger partial charge in [0.2, 0.25) is 5.91 Å². The minimum atomic E-state index is -0.736. The van der Waals surface area contributed by atoms with Crippen LogP contribution in [-0.2, 0) is 14.3 Å². The Balaban J connectivity index is 2.82. The molecule has 2 N–H and O–H groups in total. The van der Waals surface area contributed by atoms with Gasteiger partial charge in [-0.25, -0.2) is 4.79 Å². The van der Waals surface area contributed by atoms with Gasteiger partial charge in [-0.2, -0.15) is 0 Å². The summed E-state index contributed by atoms with van der Waals surface area (Å²) in [7, 11) is 1.27. The van der Waals surface area contributed by atoms with Crippen LogP contribution in [0.25, 0.3) is 0 Å². The van der Waals surface area contributed by atoms with Crippen molar-refractivity contribution in [2.24, 2.45) is 0 Å². The van der Waals surface area contributed by atoms with E-state index < -0.39 is 17.9 Å². The predicted molar refractivity (Wildman–Crippen MR) is 83.4 cm³/mol. The topological polar surface area (TPSA) is 84.5 Å². The standard InChI is InChI=1S/C16H20N2O4/c1-4-5-9-14(16(21)22-3)18-15(20)12-7-6-8-13(10-12)17-11(2)19/h4,6-8,10,14H,1,5,9H2,2-3H3,(H,17,19)(H,18,20)/t14-/m1/s1. The van der Waals surface area contributed by atoms with Gasteiger partial charge < -0.3 is 15.4 Å². The molecule has 1 atom stereocenters. The normalized spacial score (nSPS) is 11.2. The van der Waals surface area contributed by atoms with Crippen molar-refractivity contribution in [2.45, 2.75) is 25.8 Å². The van der Waals surface area contributed by atoms with E-state index in [1.807, 2.05) is 0 Å². The zero-order chi connectivity index (χ0) is 16.5. The van der Waals surface area contributed by atoms with Crippen LogP contribution in [0.1, 0.15) is 30.1 Å². The van der Waals surface area contributed by atoms with Gasteiger partial charge >= 0.3 is 5.97 Å². The molecule has 0 fully saturated rings. The van der Waals surface area contributed by atoms with E-state index in [9.17, 15) is 14.4 Å². The summed E-state index contributed by atoms with van der Waals surface area (Å²) >= 11 is 0. The van der Waals surface area contributed by atoms with E-state index in [4.69, 9.17) is 0 Å². The summed E-state index contributed by atoms with van der Waals surface area (Å²) in [5.41, 5.74) is 0.861. The molecule has 0 radical (unpaired) electrons. The maximum atomic E-state index is 12.2. The second-order valence-electron chi connectivity index (χ2n) is 4.68. The molecule has 0 saturated heterocycles. The maximum absolute atomic E-state index is 12.2. The summed E-state index contributed by atoms with van der Waals surface area (Å²) in [6.45, 7) is 4.97. The summed E-state index contributed by atoms with van der Waals surface area (Å²) in [6.07, 6.45) is 2.65. The minimum Gasteiger partial charge on any atom is -0.467 e. The number of amides is 2. The first kappa shape index (κ1) is 17.4. The number of esters is 1. The average Bonchev–Trinajstić information content (AvgIpc) is 2.50. The van der Waals surface area contributed by atoms with Gasteiger partial charge in [0.05, 0.1) is 7.11 Å². The summed E-state index contributed by atoms with van der Waals surface area (Å²) in [5, 5.41) is 5.22. The van der Waals surface area contributed by atoms with Gasteiger partial charge in [-0.05, 0) is 31.0 Å². The van der Waals surface area contributed by atoms with Crippen LogP contribution in [0.4, 0.5) is 5.69 Å². The van der Waals surface area contributed by atoms with Crippen molar-refractivity contribution >= 4 is 23.5 Å². The fourth-order valence-electron chi connectivity index (χ4n) is 1.86. The number of nitrogens with one attached hydrogen (secondary N) is 2. The Bertz CT molecular complexity index is 569. The van der Waals surface area contributed by atoms with Gasteiger partial charge in [0, 0.05) is 18.2 Å². The number of carbonyl (C=O) groups excluding carboxylic acids is 3. The smallest absolute Gasteiger partial charge is 0.328 e. The molecule has 0 unspecified atom stereocenters. The maximum Gasteiger partial charge on any atom is 0.328 e. The van der Waals surface area contributed by atoms with E-state index in [1.165, 1.54) is 14.0 Å². The molecule has 0 aliphatic carbocycles. The molecule has 0 heterocycles. The number of rotatable bonds is 7. The lowest BCUT2D eigenvalue weighted by atomic mass is 10.1. The lowest BCUT2D eigenvalue weighted by Gasteiger charge is -2.16. The summed E-state index contributed by atoms with van der Waals surface area (Å²) in [5.74, 6) is -1.14. The molecule has 1 rings (SSSR count). The fourth-order valence-corrected chi connectivity index (χ4v) is 1.86. The first-order chi connectivity index (χ1) is 10.5. The van der Waals surface area contributed by atoms with Crippen molar-refractivity contribution in [3.63, 3.8) is 0 Å². The third-order valence-corrected chi connectivity index (χ3v) is 2.90. The van der Waals surface area contributed by atoms with Gasteiger partial charge in [0.25, 0.3) is 5.91 Å². The Morgan fingerprint density at radius 3 is 2.68 bits per heavy atom. The van der Waals surface area contributed by atoms with Gasteiger partial charge in [-0.15, -0.1) is 6.58 Å². The van der Waals surface area contributed by atoms with E-state index in [-0.39, 0.29) is 5.91 Å². The Morgan fingerprint density at radius 1 is 1.36 bits per heavy atom. The molecule has 6 nitrogen and oxygen atoms in total. The van der Waals surface area contributed by atoms with Gasteiger partial charge in [0.1, 0.15) is 6.04 Å². The Kier molecular flexibility index (Phi) is 6.82. The van der Waals surface area contributed by atoms with Crippen LogP contribution in [-0.4, -0.2) is 30.9 Å². The molecule has 0 saturated carbocycles. The summed E-state index contributed by atoms with van der Waals surface area (Å²) in [4.78, 5) is 34.9.